The monoisotopic (exact) mass is 464 g/mol. The molecular weight excluding hydrogens is 439 g/mol. The van der Waals surface area contributed by atoms with Crippen LogP contribution >= 0.6 is 30.1 Å². The second kappa shape index (κ2) is 15.2. The molecule has 0 bridgehead atoms. The van der Waals surface area contributed by atoms with E-state index in [0.717, 1.165) is 5.75 Å². The molecule has 0 spiro atoms. The zero-order valence-electron chi connectivity index (χ0n) is 13.4. The summed E-state index contributed by atoms with van der Waals surface area (Å²) in [5, 5.41) is 14.3. The van der Waals surface area contributed by atoms with Crippen LogP contribution < -0.4 is 10.6 Å². The van der Waals surface area contributed by atoms with Gasteiger partial charge in [-0.3, -0.25) is 4.79 Å². The molecule has 0 saturated heterocycles. The van der Waals surface area contributed by atoms with Crippen LogP contribution in [0, 0.1) is 0 Å². The predicted octanol–water partition coefficient (Wildman–Crippen LogP) is 1.06. The molecular formula is C13H25IN2O6S. The first-order valence-electron chi connectivity index (χ1n) is 7.27. The minimum absolute atomic E-state index is 0.0993. The molecule has 0 aromatic rings. The molecule has 0 radical (unpaired) electrons. The summed E-state index contributed by atoms with van der Waals surface area (Å²) in [4.78, 5) is 22.9. The summed E-state index contributed by atoms with van der Waals surface area (Å²) < 4.78 is 15.4. The van der Waals surface area contributed by atoms with Gasteiger partial charge >= 0.3 is 6.09 Å². The lowest BCUT2D eigenvalue weighted by Crippen LogP contribution is -2.35. The number of nitrogens with one attached hydrogen (secondary N) is 2. The molecule has 3 N–H and O–H groups in total. The van der Waals surface area contributed by atoms with Crippen LogP contribution in [0.25, 0.3) is 0 Å². The molecule has 0 aliphatic carbocycles. The lowest BCUT2D eigenvalue weighted by atomic mass is 10.3. The van der Waals surface area contributed by atoms with Gasteiger partial charge in [0.25, 0.3) is 0 Å². The van der Waals surface area contributed by atoms with E-state index >= 15 is 0 Å². The summed E-state index contributed by atoms with van der Waals surface area (Å²) >= 11 is 2.16. The number of halogens is 1. The third kappa shape index (κ3) is 12.8. The number of amides is 2. The maximum absolute atomic E-state index is 11.5. The standard InChI is InChI=1S/C13H25IN2O6S/c1-3-10(8-17)22-12(20-2)9-21-13(19)16-5-4-11(18)15-6-7-23-14/h10,12,17H,3-9H2,1-2H3,(H,15,18)(H,16,19). The Labute approximate surface area is 153 Å². The summed E-state index contributed by atoms with van der Waals surface area (Å²) in [7, 11) is 3.04. The van der Waals surface area contributed by atoms with Crippen LogP contribution in [-0.2, 0) is 19.0 Å². The third-order valence-electron chi connectivity index (χ3n) is 2.74. The van der Waals surface area contributed by atoms with Gasteiger partial charge in [-0.15, -0.1) is 0 Å². The lowest BCUT2D eigenvalue weighted by Gasteiger charge is -2.21. The predicted molar refractivity (Wildman–Crippen MR) is 96.5 cm³/mol. The van der Waals surface area contributed by atoms with Gasteiger partial charge in [0, 0.05) is 32.4 Å². The highest BCUT2D eigenvalue weighted by atomic mass is 127. The smallest absolute Gasteiger partial charge is 0.407 e. The molecule has 0 aliphatic rings. The fourth-order valence-corrected chi connectivity index (χ4v) is 2.28. The van der Waals surface area contributed by atoms with Crippen molar-refractivity contribution in [2.75, 3.05) is 39.2 Å². The van der Waals surface area contributed by atoms with Crippen molar-refractivity contribution in [3.63, 3.8) is 0 Å². The molecule has 10 heteroatoms. The molecule has 2 unspecified atom stereocenters. The van der Waals surface area contributed by atoms with Crippen LogP contribution in [0.2, 0.25) is 0 Å². The van der Waals surface area contributed by atoms with Crippen molar-refractivity contribution in [2.24, 2.45) is 0 Å². The average Bonchev–Trinajstić information content (AvgIpc) is 2.55. The number of carbonyl (C=O) groups excluding carboxylic acids is 2. The van der Waals surface area contributed by atoms with E-state index in [0.29, 0.717) is 13.0 Å². The number of ether oxygens (including phenoxy) is 3. The first-order valence-corrected chi connectivity index (χ1v) is 10.8. The van der Waals surface area contributed by atoms with Crippen molar-refractivity contribution in [3.05, 3.63) is 0 Å². The molecule has 2 atom stereocenters. The Hall–Kier alpha value is -0.300. The van der Waals surface area contributed by atoms with Gasteiger partial charge in [0.1, 0.15) is 6.61 Å². The fourth-order valence-electron chi connectivity index (χ4n) is 1.44. The van der Waals surface area contributed by atoms with E-state index in [1.807, 2.05) is 6.92 Å². The molecule has 0 heterocycles. The summed E-state index contributed by atoms with van der Waals surface area (Å²) in [5.74, 6) is 0.717. The minimum atomic E-state index is -0.744. The number of hydrogen-bond acceptors (Lipinski definition) is 7. The highest BCUT2D eigenvalue weighted by Crippen LogP contribution is 2.08. The van der Waals surface area contributed by atoms with E-state index in [1.165, 1.54) is 7.11 Å². The van der Waals surface area contributed by atoms with E-state index in [9.17, 15) is 9.59 Å². The topological polar surface area (TPSA) is 106 Å². The van der Waals surface area contributed by atoms with Gasteiger partial charge in [-0.1, -0.05) is 15.9 Å². The van der Waals surface area contributed by atoms with Crippen molar-refractivity contribution in [3.8, 4) is 0 Å². The van der Waals surface area contributed by atoms with E-state index in [2.05, 4.69) is 31.8 Å². The quantitative estimate of drug-likeness (QED) is 0.213. The number of hydrogen-bond donors (Lipinski definition) is 3. The first-order chi connectivity index (χ1) is 11.1. The van der Waals surface area contributed by atoms with Crippen LogP contribution in [-0.4, -0.2) is 68.7 Å². The highest BCUT2D eigenvalue weighted by molar-refractivity contribution is 14.2. The Balaban J connectivity index is 3.81. The van der Waals surface area contributed by atoms with Gasteiger partial charge in [-0.05, 0) is 27.6 Å². The average molecular weight is 464 g/mol. The normalized spacial score (nSPS) is 13.2. The van der Waals surface area contributed by atoms with Crippen molar-refractivity contribution >= 4 is 42.1 Å². The molecule has 0 aromatic heterocycles. The SMILES string of the molecule is CCC(CO)OC(COC(=O)NCCC(=O)NCCSI)OC. The maximum atomic E-state index is 11.5. The molecule has 136 valence electrons. The first kappa shape index (κ1) is 22.7. The number of carbonyl (C=O) groups is 2. The molecule has 23 heavy (non-hydrogen) atoms. The Kier molecular flexibility index (Phi) is 15.0. The summed E-state index contributed by atoms with van der Waals surface area (Å²) in [6, 6.07) is 0. The van der Waals surface area contributed by atoms with Gasteiger partial charge in [0.05, 0.1) is 12.7 Å². The van der Waals surface area contributed by atoms with E-state index in [4.69, 9.17) is 19.3 Å². The largest absolute Gasteiger partial charge is 0.444 e. The van der Waals surface area contributed by atoms with Crippen molar-refractivity contribution in [1.82, 2.24) is 10.6 Å². The van der Waals surface area contributed by atoms with Crippen LogP contribution in [0.1, 0.15) is 19.8 Å². The van der Waals surface area contributed by atoms with Crippen molar-refractivity contribution < 1.29 is 28.9 Å². The van der Waals surface area contributed by atoms with Gasteiger partial charge in [-0.25, -0.2) is 4.79 Å². The molecule has 2 amide bonds. The molecule has 0 saturated carbocycles. The zero-order chi connectivity index (χ0) is 17.5. The molecule has 0 aliphatic heterocycles. The van der Waals surface area contributed by atoms with Gasteiger partial charge in [0.2, 0.25) is 5.91 Å². The van der Waals surface area contributed by atoms with E-state index in [1.54, 1.807) is 8.93 Å². The van der Waals surface area contributed by atoms with Crippen LogP contribution in [0.5, 0.6) is 0 Å². The number of alkyl carbamates (subject to hydrolysis) is 1. The fraction of sp³-hybridized carbons (Fsp3) is 0.846. The zero-order valence-corrected chi connectivity index (χ0v) is 16.4. The summed E-state index contributed by atoms with van der Waals surface area (Å²) in [5.41, 5.74) is 0. The van der Waals surface area contributed by atoms with Crippen LogP contribution in [0.3, 0.4) is 0 Å². The van der Waals surface area contributed by atoms with Gasteiger partial charge < -0.3 is 30.0 Å². The number of aliphatic hydroxyl groups is 1. The molecule has 0 aromatic carbocycles. The van der Waals surface area contributed by atoms with E-state index in [-0.39, 0.29) is 38.2 Å². The Morgan fingerprint density at radius 2 is 2.04 bits per heavy atom. The number of rotatable bonds is 13. The number of aliphatic hydroxyl groups excluding tert-OH is 1. The molecule has 0 rings (SSSR count). The minimum Gasteiger partial charge on any atom is -0.444 e. The Bertz CT molecular complexity index is 334. The number of methoxy groups -OCH3 is 1. The highest BCUT2D eigenvalue weighted by Gasteiger charge is 2.16. The van der Waals surface area contributed by atoms with Crippen molar-refractivity contribution in [1.29, 1.82) is 0 Å². The summed E-state index contributed by atoms with van der Waals surface area (Å²) in [6.07, 6.45) is -0.951. The van der Waals surface area contributed by atoms with Gasteiger partial charge in [0.15, 0.2) is 6.29 Å². The third-order valence-corrected chi connectivity index (χ3v) is 4.42. The Morgan fingerprint density at radius 1 is 1.30 bits per heavy atom. The molecule has 0 fully saturated rings. The van der Waals surface area contributed by atoms with Gasteiger partial charge in [-0.2, -0.15) is 0 Å². The van der Waals surface area contributed by atoms with Crippen LogP contribution in [0.15, 0.2) is 0 Å². The van der Waals surface area contributed by atoms with Crippen LogP contribution in [0.4, 0.5) is 4.79 Å². The maximum Gasteiger partial charge on any atom is 0.407 e. The lowest BCUT2D eigenvalue weighted by molar-refractivity contribution is -0.181. The molecule has 8 nitrogen and oxygen atoms in total. The summed E-state index contributed by atoms with van der Waals surface area (Å²) in [6.45, 7) is 2.43. The second-order valence-corrected chi connectivity index (χ2v) is 6.95. The Morgan fingerprint density at radius 3 is 2.61 bits per heavy atom. The van der Waals surface area contributed by atoms with E-state index < -0.39 is 12.4 Å². The second-order valence-electron chi connectivity index (χ2n) is 4.45. The van der Waals surface area contributed by atoms with Crippen molar-refractivity contribution in [2.45, 2.75) is 32.2 Å².